The van der Waals surface area contributed by atoms with Gasteiger partial charge in [0.05, 0.1) is 5.54 Å². The first-order valence-electron chi connectivity index (χ1n) is 5.40. The van der Waals surface area contributed by atoms with E-state index in [1.54, 1.807) is 0 Å². The van der Waals surface area contributed by atoms with Gasteiger partial charge in [0.15, 0.2) is 5.69 Å². The zero-order chi connectivity index (χ0) is 12.2. The fourth-order valence-corrected chi connectivity index (χ4v) is 1.75. The van der Waals surface area contributed by atoms with E-state index in [0.717, 1.165) is 6.42 Å². The highest BCUT2D eigenvalue weighted by atomic mass is 35.5. The molecule has 1 unspecified atom stereocenters. The molecule has 1 aromatic rings. The molecule has 1 heterocycles. The Bertz CT molecular complexity index is 340. The average Bonchev–Trinajstić information content (AvgIpc) is 2.69. The van der Waals surface area contributed by atoms with Crippen LogP contribution in [0.25, 0.3) is 0 Å². The van der Waals surface area contributed by atoms with Crippen molar-refractivity contribution in [3.05, 3.63) is 18.0 Å². The molecule has 1 atom stereocenters. The van der Waals surface area contributed by atoms with Crippen molar-refractivity contribution in [2.75, 3.05) is 6.54 Å². The van der Waals surface area contributed by atoms with Gasteiger partial charge in [-0.2, -0.15) is 0 Å². The minimum atomic E-state index is -0.399. The van der Waals surface area contributed by atoms with E-state index in [1.165, 1.54) is 12.3 Å². The molecule has 1 aromatic heterocycles. The third-order valence-electron chi connectivity index (χ3n) is 2.40. The van der Waals surface area contributed by atoms with Crippen molar-refractivity contribution >= 4 is 18.3 Å². The molecule has 1 rings (SSSR count). The molecule has 0 saturated carbocycles. The average molecular weight is 262 g/mol. The Hall–Kier alpha value is -1.07. The summed E-state index contributed by atoms with van der Waals surface area (Å²) in [6.07, 6.45) is 2.20. The number of amides is 1. The minimum Gasteiger partial charge on any atom is -0.364 e. The minimum absolute atomic E-state index is 0. The van der Waals surface area contributed by atoms with Crippen molar-refractivity contribution in [1.82, 2.24) is 10.5 Å². The second-order valence-corrected chi connectivity index (χ2v) is 4.70. The molecule has 0 aliphatic rings. The number of carbonyl (C=O) groups excluding carboxylic acids is 1. The second kappa shape index (κ2) is 6.61. The number of hydrogen-bond donors (Lipinski definition) is 2. The highest BCUT2D eigenvalue weighted by molar-refractivity contribution is 5.92. The van der Waals surface area contributed by atoms with Gasteiger partial charge in [0.2, 0.25) is 0 Å². The molecule has 98 valence electrons. The first kappa shape index (κ1) is 15.9. The lowest BCUT2D eigenvalue weighted by molar-refractivity contribution is 0.0889. The molecule has 0 saturated heterocycles. The zero-order valence-corrected chi connectivity index (χ0v) is 11.2. The molecule has 17 heavy (non-hydrogen) atoms. The van der Waals surface area contributed by atoms with Crippen molar-refractivity contribution in [2.45, 2.75) is 32.7 Å². The summed E-state index contributed by atoms with van der Waals surface area (Å²) >= 11 is 0. The van der Waals surface area contributed by atoms with E-state index in [0.29, 0.717) is 12.5 Å². The fourth-order valence-electron chi connectivity index (χ4n) is 1.75. The molecular weight excluding hydrogens is 242 g/mol. The number of halogens is 1. The molecule has 0 bridgehead atoms. The molecule has 0 radical (unpaired) electrons. The maximum atomic E-state index is 11.8. The predicted molar refractivity (Wildman–Crippen MR) is 68.1 cm³/mol. The van der Waals surface area contributed by atoms with E-state index in [4.69, 9.17) is 5.73 Å². The van der Waals surface area contributed by atoms with E-state index in [-0.39, 0.29) is 24.0 Å². The normalized spacial score (nSPS) is 13.9. The molecule has 5 nitrogen and oxygen atoms in total. The maximum absolute atomic E-state index is 11.8. The fraction of sp³-hybridized carbons (Fsp3) is 0.636. The van der Waals surface area contributed by atoms with Gasteiger partial charge >= 0.3 is 0 Å². The van der Waals surface area contributed by atoms with E-state index in [9.17, 15) is 4.79 Å². The van der Waals surface area contributed by atoms with Crippen LogP contribution in [0, 0.1) is 5.92 Å². The van der Waals surface area contributed by atoms with Gasteiger partial charge in [0.25, 0.3) is 5.91 Å². The number of rotatable bonds is 5. The summed E-state index contributed by atoms with van der Waals surface area (Å²) < 4.78 is 4.62. The van der Waals surface area contributed by atoms with Gasteiger partial charge in [-0.05, 0) is 19.3 Å². The number of aromatic nitrogens is 1. The van der Waals surface area contributed by atoms with Crippen molar-refractivity contribution in [1.29, 1.82) is 0 Å². The van der Waals surface area contributed by atoms with Crippen LogP contribution in [0.4, 0.5) is 0 Å². The molecular formula is C11H20ClN3O2. The molecule has 0 fully saturated rings. The summed E-state index contributed by atoms with van der Waals surface area (Å²) in [5, 5.41) is 6.48. The van der Waals surface area contributed by atoms with Crippen molar-refractivity contribution < 1.29 is 9.32 Å². The van der Waals surface area contributed by atoms with Crippen LogP contribution in [0.5, 0.6) is 0 Å². The lowest BCUT2D eigenvalue weighted by Gasteiger charge is -2.30. The lowest BCUT2D eigenvalue weighted by Crippen LogP contribution is -2.52. The van der Waals surface area contributed by atoms with E-state index >= 15 is 0 Å². The van der Waals surface area contributed by atoms with Gasteiger partial charge in [-0.25, -0.2) is 0 Å². The zero-order valence-electron chi connectivity index (χ0n) is 10.4. The maximum Gasteiger partial charge on any atom is 0.273 e. The second-order valence-electron chi connectivity index (χ2n) is 4.70. The van der Waals surface area contributed by atoms with Gasteiger partial charge < -0.3 is 15.6 Å². The third-order valence-corrected chi connectivity index (χ3v) is 2.40. The third kappa shape index (κ3) is 4.75. The summed E-state index contributed by atoms with van der Waals surface area (Å²) in [5.41, 5.74) is 5.58. The summed E-state index contributed by atoms with van der Waals surface area (Å²) in [4.78, 5) is 11.8. The van der Waals surface area contributed by atoms with Crippen molar-refractivity contribution in [2.24, 2.45) is 11.7 Å². The Morgan fingerprint density at radius 3 is 2.71 bits per heavy atom. The molecule has 3 N–H and O–H groups in total. The number of hydrogen-bond acceptors (Lipinski definition) is 4. The SMILES string of the molecule is CC(C)CC(C)(CN)NC(=O)c1ccon1.Cl. The summed E-state index contributed by atoms with van der Waals surface area (Å²) in [6.45, 7) is 6.52. The predicted octanol–water partition coefficient (Wildman–Crippen LogP) is 1.59. The van der Waals surface area contributed by atoms with Crippen LogP contribution in [0.15, 0.2) is 16.9 Å². The van der Waals surface area contributed by atoms with Crippen LogP contribution in [0.2, 0.25) is 0 Å². The van der Waals surface area contributed by atoms with E-state index < -0.39 is 5.54 Å². The molecule has 0 aromatic carbocycles. The molecule has 0 aliphatic carbocycles. The summed E-state index contributed by atoms with van der Waals surface area (Å²) in [5.74, 6) is 0.216. The Labute approximate surface area is 108 Å². The van der Waals surface area contributed by atoms with Gasteiger partial charge in [0, 0.05) is 12.6 Å². The first-order valence-corrected chi connectivity index (χ1v) is 5.40. The quantitative estimate of drug-likeness (QED) is 0.843. The standard InChI is InChI=1S/C11H19N3O2.ClH/c1-8(2)6-11(3,7-12)13-10(15)9-4-5-16-14-9;/h4-5,8H,6-7,12H2,1-3H3,(H,13,15);1H. The van der Waals surface area contributed by atoms with Gasteiger partial charge in [-0.3, -0.25) is 4.79 Å². The number of nitrogens with two attached hydrogens (primary N) is 1. The Morgan fingerprint density at radius 2 is 2.29 bits per heavy atom. The van der Waals surface area contributed by atoms with Crippen LogP contribution in [-0.2, 0) is 0 Å². The highest BCUT2D eigenvalue weighted by Gasteiger charge is 2.27. The van der Waals surface area contributed by atoms with Gasteiger partial charge in [-0.15, -0.1) is 12.4 Å². The van der Waals surface area contributed by atoms with Crippen LogP contribution >= 0.6 is 12.4 Å². The monoisotopic (exact) mass is 261 g/mol. The Morgan fingerprint density at radius 1 is 1.65 bits per heavy atom. The molecule has 0 aliphatic heterocycles. The van der Waals surface area contributed by atoms with Crippen LogP contribution < -0.4 is 11.1 Å². The lowest BCUT2D eigenvalue weighted by atomic mass is 9.90. The Balaban J connectivity index is 0.00000256. The van der Waals surface area contributed by atoms with Crippen molar-refractivity contribution in [3.8, 4) is 0 Å². The largest absolute Gasteiger partial charge is 0.364 e. The molecule has 1 amide bonds. The van der Waals surface area contributed by atoms with Gasteiger partial charge in [0.1, 0.15) is 6.26 Å². The van der Waals surface area contributed by atoms with Crippen LogP contribution in [0.3, 0.4) is 0 Å². The summed E-state index contributed by atoms with van der Waals surface area (Å²) in [6, 6.07) is 1.53. The number of nitrogens with one attached hydrogen (secondary N) is 1. The van der Waals surface area contributed by atoms with E-state index in [2.05, 4.69) is 28.8 Å². The number of carbonyl (C=O) groups is 1. The molecule has 6 heteroatoms. The first-order chi connectivity index (χ1) is 7.47. The van der Waals surface area contributed by atoms with Gasteiger partial charge in [-0.1, -0.05) is 19.0 Å². The van der Waals surface area contributed by atoms with Crippen LogP contribution in [-0.4, -0.2) is 23.1 Å². The summed E-state index contributed by atoms with van der Waals surface area (Å²) in [7, 11) is 0. The highest BCUT2D eigenvalue weighted by Crippen LogP contribution is 2.15. The van der Waals surface area contributed by atoms with Crippen molar-refractivity contribution in [3.63, 3.8) is 0 Å². The Kier molecular flexibility index (Phi) is 6.20. The molecule has 0 spiro atoms. The smallest absolute Gasteiger partial charge is 0.273 e. The van der Waals surface area contributed by atoms with Crippen LogP contribution in [0.1, 0.15) is 37.7 Å². The number of nitrogens with zero attached hydrogens (tertiary/aromatic N) is 1. The van der Waals surface area contributed by atoms with E-state index in [1.807, 2.05) is 6.92 Å². The topological polar surface area (TPSA) is 81.1 Å².